The fraction of sp³-hybridized carbons (Fsp3) is 0.143. The first-order valence-electron chi connectivity index (χ1n) is 3.05. The molecule has 1 rings (SSSR count). The maximum absolute atomic E-state index is 11.8. The van der Waals surface area contributed by atoms with Gasteiger partial charge in [-0.2, -0.15) is 0 Å². The van der Waals surface area contributed by atoms with Crippen LogP contribution < -0.4 is 0 Å². The molecule has 0 aromatic carbocycles. The van der Waals surface area contributed by atoms with E-state index in [0.29, 0.717) is 4.60 Å². The van der Waals surface area contributed by atoms with E-state index in [1.807, 2.05) is 0 Å². The average molecular weight is 236 g/mol. The Balaban J connectivity index is 2.90. The Kier molecular flexibility index (Phi) is 2.86. The topological polar surface area (TPSA) is 30.0 Å². The fourth-order valence-electron chi connectivity index (χ4n) is 0.648. The number of nitrogens with zero attached hydrogens (tertiary/aromatic N) is 1. The predicted molar refractivity (Wildman–Crippen MR) is 42.3 cm³/mol. The Morgan fingerprint density at radius 2 is 2.17 bits per heavy atom. The molecule has 0 atom stereocenters. The first-order chi connectivity index (χ1) is 5.61. The summed E-state index contributed by atoms with van der Waals surface area (Å²) in [6.45, 7) is 0. The summed E-state index contributed by atoms with van der Waals surface area (Å²) >= 11 is 3.02. The third kappa shape index (κ3) is 2.07. The second-order valence-corrected chi connectivity index (χ2v) is 2.85. The van der Waals surface area contributed by atoms with Crippen LogP contribution in [-0.2, 0) is 0 Å². The van der Waals surface area contributed by atoms with Crippen LogP contribution >= 0.6 is 15.9 Å². The van der Waals surface area contributed by atoms with Gasteiger partial charge in [-0.1, -0.05) is 0 Å². The van der Waals surface area contributed by atoms with E-state index in [1.165, 1.54) is 12.1 Å². The standard InChI is InChI=1S/C7H4BrF2NO/c8-5-2-1-4(3-11-5)6(12)7(9)10/h1-3,7H. The largest absolute Gasteiger partial charge is 0.300 e. The number of Topliss-reactive ketones (excluding diaryl/α,β-unsaturated/α-hetero) is 1. The highest BCUT2D eigenvalue weighted by Gasteiger charge is 2.17. The Morgan fingerprint density at radius 1 is 1.50 bits per heavy atom. The number of carbonyl (C=O) groups is 1. The van der Waals surface area contributed by atoms with Gasteiger partial charge in [-0.3, -0.25) is 4.79 Å². The molecule has 12 heavy (non-hydrogen) atoms. The van der Waals surface area contributed by atoms with Crippen LogP contribution in [0.5, 0.6) is 0 Å². The third-order valence-electron chi connectivity index (χ3n) is 1.21. The molecule has 0 saturated heterocycles. The lowest BCUT2D eigenvalue weighted by atomic mass is 10.2. The van der Waals surface area contributed by atoms with Crippen LogP contribution in [0.15, 0.2) is 22.9 Å². The summed E-state index contributed by atoms with van der Waals surface area (Å²) in [4.78, 5) is 14.3. The van der Waals surface area contributed by atoms with Crippen molar-refractivity contribution in [3.63, 3.8) is 0 Å². The van der Waals surface area contributed by atoms with Gasteiger partial charge in [-0.05, 0) is 28.1 Å². The summed E-state index contributed by atoms with van der Waals surface area (Å²) in [5, 5.41) is 0. The molecular formula is C7H4BrF2NO. The minimum Gasteiger partial charge on any atom is -0.288 e. The summed E-state index contributed by atoms with van der Waals surface area (Å²) in [6, 6.07) is 2.74. The monoisotopic (exact) mass is 235 g/mol. The predicted octanol–water partition coefficient (Wildman–Crippen LogP) is 2.29. The fourth-order valence-corrected chi connectivity index (χ4v) is 0.882. The number of rotatable bonds is 2. The van der Waals surface area contributed by atoms with Crippen LogP contribution in [0, 0.1) is 0 Å². The summed E-state index contributed by atoms with van der Waals surface area (Å²) in [5.74, 6) is -1.20. The van der Waals surface area contributed by atoms with E-state index >= 15 is 0 Å². The molecule has 5 heteroatoms. The van der Waals surface area contributed by atoms with E-state index in [4.69, 9.17) is 0 Å². The molecule has 0 unspecified atom stereocenters. The van der Waals surface area contributed by atoms with Crippen molar-refractivity contribution in [2.45, 2.75) is 6.43 Å². The third-order valence-corrected chi connectivity index (χ3v) is 1.68. The molecule has 0 saturated carbocycles. The second kappa shape index (κ2) is 3.71. The van der Waals surface area contributed by atoms with Crippen LogP contribution in [0.1, 0.15) is 10.4 Å². The average Bonchev–Trinajstić information content (AvgIpc) is 2.04. The van der Waals surface area contributed by atoms with Gasteiger partial charge in [0.25, 0.3) is 0 Å². The van der Waals surface area contributed by atoms with E-state index in [9.17, 15) is 13.6 Å². The zero-order chi connectivity index (χ0) is 9.14. The van der Waals surface area contributed by atoms with Crippen molar-refractivity contribution in [1.82, 2.24) is 4.98 Å². The lowest BCUT2D eigenvalue weighted by Crippen LogP contribution is -2.10. The summed E-state index contributed by atoms with van der Waals surface area (Å²) in [6.07, 6.45) is -1.86. The second-order valence-electron chi connectivity index (χ2n) is 2.03. The SMILES string of the molecule is O=C(c1ccc(Br)nc1)C(F)F. The van der Waals surface area contributed by atoms with E-state index in [2.05, 4.69) is 20.9 Å². The maximum atomic E-state index is 11.8. The molecule has 1 aromatic rings. The molecule has 0 radical (unpaired) electrons. The molecule has 0 aliphatic rings. The molecule has 0 amide bonds. The van der Waals surface area contributed by atoms with E-state index < -0.39 is 12.2 Å². The molecule has 0 aliphatic carbocycles. The molecule has 2 nitrogen and oxygen atoms in total. The molecule has 0 aliphatic heterocycles. The molecule has 0 spiro atoms. The van der Waals surface area contributed by atoms with Crippen molar-refractivity contribution in [2.75, 3.05) is 0 Å². The number of hydrogen-bond donors (Lipinski definition) is 0. The van der Waals surface area contributed by atoms with Gasteiger partial charge in [0, 0.05) is 11.8 Å². The van der Waals surface area contributed by atoms with E-state index in [-0.39, 0.29) is 5.56 Å². The number of hydrogen-bond acceptors (Lipinski definition) is 2. The van der Waals surface area contributed by atoms with Gasteiger partial charge < -0.3 is 0 Å². The minimum atomic E-state index is -2.96. The molecule has 0 N–H and O–H groups in total. The van der Waals surface area contributed by atoms with Crippen LogP contribution in [0.25, 0.3) is 0 Å². The molecular weight excluding hydrogens is 232 g/mol. The van der Waals surface area contributed by atoms with Crippen molar-refractivity contribution >= 4 is 21.7 Å². The van der Waals surface area contributed by atoms with Gasteiger partial charge >= 0.3 is 6.43 Å². The highest BCUT2D eigenvalue weighted by Crippen LogP contribution is 2.10. The molecule has 1 aromatic heterocycles. The number of ketones is 1. The Bertz CT molecular complexity index is 286. The van der Waals surface area contributed by atoms with Crippen LogP contribution in [0.4, 0.5) is 8.78 Å². The Labute approximate surface area is 75.7 Å². The Hall–Kier alpha value is -0.840. The van der Waals surface area contributed by atoms with Crippen LogP contribution in [0.2, 0.25) is 0 Å². The van der Waals surface area contributed by atoms with Gasteiger partial charge in [0.1, 0.15) is 4.60 Å². The lowest BCUT2D eigenvalue weighted by Gasteiger charge is -1.97. The van der Waals surface area contributed by atoms with Gasteiger partial charge in [-0.25, -0.2) is 13.8 Å². The van der Waals surface area contributed by atoms with E-state index in [1.54, 1.807) is 0 Å². The summed E-state index contributed by atoms with van der Waals surface area (Å²) in [5.41, 5.74) is -0.0757. The van der Waals surface area contributed by atoms with Gasteiger partial charge in [-0.15, -0.1) is 0 Å². The van der Waals surface area contributed by atoms with Crippen molar-refractivity contribution in [2.24, 2.45) is 0 Å². The molecule has 1 heterocycles. The van der Waals surface area contributed by atoms with Crippen molar-refractivity contribution in [3.8, 4) is 0 Å². The van der Waals surface area contributed by atoms with E-state index in [0.717, 1.165) is 6.20 Å². The van der Waals surface area contributed by atoms with Crippen LogP contribution in [0.3, 0.4) is 0 Å². The van der Waals surface area contributed by atoms with Crippen molar-refractivity contribution in [1.29, 1.82) is 0 Å². The number of carbonyl (C=O) groups excluding carboxylic acids is 1. The van der Waals surface area contributed by atoms with Gasteiger partial charge in [0.05, 0.1) is 0 Å². The molecule has 0 fully saturated rings. The zero-order valence-corrected chi connectivity index (χ0v) is 7.38. The van der Waals surface area contributed by atoms with Gasteiger partial charge in [0.15, 0.2) is 0 Å². The first kappa shape index (κ1) is 9.25. The molecule has 64 valence electrons. The minimum absolute atomic E-state index is 0.0757. The highest BCUT2D eigenvalue weighted by atomic mass is 79.9. The quantitative estimate of drug-likeness (QED) is 0.582. The van der Waals surface area contributed by atoms with Crippen molar-refractivity contribution in [3.05, 3.63) is 28.5 Å². The number of halogens is 3. The Morgan fingerprint density at radius 3 is 2.58 bits per heavy atom. The zero-order valence-electron chi connectivity index (χ0n) is 5.80. The lowest BCUT2D eigenvalue weighted by molar-refractivity contribution is 0.0678. The summed E-state index contributed by atoms with van der Waals surface area (Å²) in [7, 11) is 0. The number of pyridine rings is 1. The van der Waals surface area contributed by atoms with Gasteiger partial charge in [0.2, 0.25) is 5.78 Å². The maximum Gasteiger partial charge on any atom is 0.300 e. The summed E-state index contributed by atoms with van der Waals surface area (Å²) < 4.78 is 24.2. The van der Waals surface area contributed by atoms with Crippen molar-refractivity contribution < 1.29 is 13.6 Å². The van der Waals surface area contributed by atoms with Crippen LogP contribution in [-0.4, -0.2) is 17.2 Å². The number of alkyl halides is 2. The smallest absolute Gasteiger partial charge is 0.288 e. The highest BCUT2D eigenvalue weighted by molar-refractivity contribution is 9.10. The number of aromatic nitrogens is 1. The first-order valence-corrected chi connectivity index (χ1v) is 3.84. The normalized spacial score (nSPS) is 10.3. The molecule has 0 bridgehead atoms.